The van der Waals surface area contributed by atoms with E-state index >= 15 is 0 Å². The molecule has 1 aliphatic rings. The predicted molar refractivity (Wildman–Crippen MR) is 71.9 cm³/mol. The van der Waals surface area contributed by atoms with Crippen molar-refractivity contribution in [3.63, 3.8) is 0 Å². The van der Waals surface area contributed by atoms with E-state index in [1.807, 2.05) is 18.2 Å². The Kier molecular flexibility index (Phi) is 3.84. The Morgan fingerprint density at radius 3 is 2.88 bits per heavy atom. The molecule has 0 heterocycles. The molecule has 0 spiro atoms. The summed E-state index contributed by atoms with van der Waals surface area (Å²) in [4.78, 5) is 1.17. The Labute approximate surface area is 110 Å². The summed E-state index contributed by atoms with van der Waals surface area (Å²) >= 11 is 7.71. The minimum atomic E-state index is 0.225. The van der Waals surface area contributed by atoms with Crippen LogP contribution in [0.15, 0.2) is 34.3 Å². The van der Waals surface area contributed by atoms with Gasteiger partial charge in [-0.2, -0.15) is 0 Å². The predicted octanol–water partition coefficient (Wildman–Crippen LogP) is 3.35. The SMILES string of the molecule is NC(CC1(CSc2cccc(Cl)c2)CC1)=NO. The Bertz CT molecular complexity index is 432. The van der Waals surface area contributed by atoms with Gasteiger partial charge in [0.1, 0.15) is 5.84 Å². The van der Waals surface area contributed by atoms with Crippen LogP contribution in [0.3, 0.4) is 0 Å². The number of hydrogen-bond acceptors (Lipinski definition) is 3. The van der Waals surface area contributed by atoms with Crippen molar-refractivity contribution >= 4 is 29.2 Å². The molecule has 0 radical (unpaired) electrons. The summed E-state index contributed by atoms with van der Waals surface area (Å²) in [5.74, 6) is 1.32. The van der Waals surface area contributed by atoms with Crippen molar-refractivity contribution in [3.05, 3.63) is 29.3 Å². The maximum Gasteiger partial charge on any atom is 0.139 e. The molecule has 1 aliphatic carbocycles. The van der Waals surface area contributed by atoms with E-state index in [1.165, 1.54) is 4.90 Å². The van der Waals surface area contributed by atoms with Crippen LogP contribution in [0.4, 0.5) is 0 Å². The standard InChI is InChI=1S/C12H15ClN2OS/c13-9-2-1-3-10(6-9)17-8-12(4-5-12)7-11(14)15-16/h1-3,6,16H,4-5,7-8H2,(H2,14,15). The Morgan fingerprint density at radius 2 is 2.29 bits per heavy atom. The molecule has 5 heteroatoms. The topological polar surface area (TPSA) is 58.6 Å². The highest BCUT2D eigenvalue weighted by atomic mass is 35.5. The molecule has 2 rings (SSSR count). The van der Waals surface area contributed by atoms with Crippen LogP contribution in [0.1, 0.15) is 19.3 Å². The van der Waals surface area contributed by atoms with Gasteiger partial charge < -0.3 is 10.9 Å². The van der Waals surface area contributed by atoms with Gasteiger partial charge in [0.25, 0.3) is 0 Å². The van der Waals surface area contributed by atoms with E-state index in [-0.39, 0.29) is 5.41 Å². The van der Waals surface area contributed by atoms with Gasteiger partial charge >= 0.3 is 0 Å². The fourth-order valence-electron chi connectivity index (χ4n) is 1.76. The second kappa shape index (κ2) is 5.19. The number of rotatable bonds is 5. The molecule has 3 nitrogen and oxygen atoms in total. The average Bonchev–Trinajstić information content (AvgIpc) is 3.07. The van der Waals surface area contributed by atoms with Crippen molar-refractivity contribution in [2.75, 3.05) is 5.75 Å². The van der Waals surface area contributed by atoms with Crippen LogP contribution in [0.25, 0.3) is 0 Å². The lowest BCUT2D eigenvalue weighted by Gasteiger charge is -2.13. The third-order valence-electron chi connectivity index (χ3n) is 2.98. The Hall–Kier alpha value is -0.870. The molecule has 0 amide bonds. The fourth-order valence-corrected chi connectivity index (χ4v) is 3.27. The number of benzene rings is 1. The van der Waals surface area contributed by atoms with E-state index in [9.17, 15) is 0 Å². The zero-order valence-electron chi connectivity index (χ0n) is 9.40. The first-order valence-electron chi connectivity index (χ1n) is 5.48. The summed E-state index contributed by atoms with van der Waals surface area (Å²) in [6.45, 7) is 0. The number of nitrogens with zero attached hydrogens (tertiary/aromatic N) is 1. The van der Waals surface area contributed by atoms with Crippen molar-refractivity contribution in [3.8, 4) is 0 Å². The van der Waals surface area contributed by atoms with Crippen molar-refractivity contribution < 1.29 is 5.21 Å². The van der Waals surface area contributed by atoms with Crippen LogP contribution in [0.2, 0.25) is 5.02 Å². The molecule has 3 N–H and O–H groups in total. The van der Waals surface area contributed by atoms with Crippen LogP contribution >= 0.6 is 23.4 Å². The van der Waals surface area contributed by atoms with E-state index < -0.39 is 0 Å². The van der Waals surface area contributed by atoms with E-state index in [0.29, 0.717) is 12.3 Å². The number of hydrogen-bond donors (Lipinski definition) is 2. The Morgan fingerprint density at radius 1 is 1.53 bits per heavy atom. The van der Waals surface area contributed by atoms with Gasteiger partial charge in [-0.05, 0) is 36.5 Å². The molecule has 1 saturated carbocycles. The quantitative estimate of drug-likeness (QED) is 0.284. The number of amidine groups is 1. The summed E-state index contributed by atoms with van der Waals surface area (Å²) in [7, 11) is 0. The largest absolute Gasteiger partial charge is 0.409 e. The molecular formula is C12H15ClN2OS. The van der Waals surface area contributed by atoms with Crippen molar-refractivity contribution in [2.24, 2.45) is 16.3 Å². The highest BCUT2D eigenvalue weighted by Crippen LogP contribution is 2.51. The third kappa shape index (κ3) is 3.54. The van der Waals surface area contributed by atoms with Gasteiger partial charge in [0.15, 0.2) is 0 Å². The molecule has 17 heavy (non-hydrogen) atoms. The normalized spacial score (nSPS) is 18.1. The van der Waals surface area contributed by atoms with Gasteiger partial charge in [0.2, 0.25) is 0 Å². The first-order chi connectivity index (χ1) is 8.13. The minimum absolute atomic E-state index is 0.225. The van der Waals surface area contributed by atoms with Gasteiger partial charge in [0.05, 0.1) is 0 Å². The van der Waals surface area contributed by atoms with Crippen LogP contribution in [0.5, 0.6) is 0 Å². The maximum atomic E-state index is 8.59. The van der Waals surface area contributed by atoms with Gasteiger partial charge in [-0.1, -0.05) is 22.8 Å². The number of nitrogens with two attached hydrogens (primary N) is 1. The first kappa shape index (κ1) is 12.6. The number of halogens is 1. The van der Waals surface area contributed by atoms with Crippen molar-refractivity contribution in [1.29, 1.82) is 0 Å². The van der Waals surface area contributed by atoms with Gasteiger partial charge in [-0.3, -0.25) is 0 Å². The van der Waals surface area contributed by atoms with E-state index in [2.05, 4.69) is 11.2 Å². The summed E-state index contributed by atoms with van der Waals surface area (Å²) in [5, 5.41) is 12.4. The lowest BCUT2D eigenvalue weighted by atomic mass is 10.1. The van der Waals surface area contributed by atoms with Gasteiger partial charge in [0, 0.05) is 22.1 Å². The second-order valence-electron chi connectivity index (χ2n) is 4.51. The van der Waals surface area contributed by atoms with Crippen LogP contribution < -0.4 is 5.73 Å². The molecular weight excluding hydrogens is 256 g/mol. The van der Waals surface area contributed by atoms with Gasteiger partial charge in [-0.15, -0.1) is 11.8 Å². The highest BCUT2D eigenvalue weighted by Gasteiger charge is 2.43. The first-order valence-corrected chi connectivity index (χ1v) is 6.85. The molecule has 0 saturated heterocycles. The Balaban J connectivity index is 1.90. The van der Waals surface area contributed by atoms with Crippen LogP contribution in [-0.4, -0.2) is 16.8 Å². The maximum absolute atomic E-state index is 8.59. The molecule has 0 aromatic heterocycles. The number of thioether (sulfide) groups is 1. The summed E-state index contributed by atoms with van der Waals surface area (Å²) in [5.41, 5.74) is 5.79. The smallest absolute Gasteiger partial charge is 0.139 e. The second-order valence-corrected chi connectivity index (χ2v) is 6.00. The van der Waals surface area contributed by atoms with Crippen LogP contribution in [0, 0.1) is 5.41 Å². The zero-order chi connectivity index (χ0) is 12.3. The summed E-state index contributed by atoms with van der Waals surface area (Å²) < 4.78 is 0. The molecule has 0 unspecified atom stereocenters. The highest BCUT2D eigenvalue weighted by molar-refractivity contribution is 7.99. The monoisotopic (exact) mass is 270 g/mol. The van der Waals surface area contributed by atoms with E-state index in [0.717, 1.165) is 23.6 Å². The van der Waals surface area contributed by atoms with Crippen molar-refractivity contribution in [2.45, 2.75) is 24.2 Å². The van der Waals surface area contributed by atoms with Crippen LogP contribution in [-0.2, 0) is 0 Å². The fraction of sp³-hybridized carbons (Fsp3) is 0.417. The molecule has 0 atom stereocenters. The van der Waals surface area contributed by atoms with Crippen molar-refractivity contribution in [1.82, 2.24) is 0 Å². The van der Waals surface area contributed by atoms with E-state index in [4.69, 9.17) is 22.5 Å². The number of oxime groups is 1. The summed E-state index contributed by atoms with van der Waals surface area (Å²) in [6, 6.07) is 7.84. The molecule has 0 aliphatic heterocycles. The zero-order valence-corrected chi connectivity index (χ0v) is 11.0. The molecule has 92 valence electrons. The average molecular weight is 271 g/mol. The molecule has 0 bridgehead atoms. The lowest BCUT2D eigenvalue weighted by Crippen LogP contribution is -2.19. The molecule has 1 aromatic carbocycles. The molecule has 1 aromatic rings. The van der Waals surface area contributed by atoms with E-state index in [1.54, 1.807) is 11.8 Å². The minimum Gasteiger partial charge on any atom is -0.409 e. The molecule has 1 fully saturated rings. The lowest BCUT2D eigenvalue weighted by molar-refractivity contribution is 0.315. The summed E-state index contributed by atoms with van der Waals surface area (Å²) in [6.07, 6.45) is 2.98. The third-order valence-corrected chi connectivity index (χ3v) is 4.56. The van der Waals surface area contributed by atoms with Gasteiger partial charge in [-0.25, -0.2) is 0 Å².